The third-order valence-electron chi connectivity index (χ3n) is 7.26. The van der Waals surface area contributed by atoms with Crippen LogP contribution in [-0.4, -0.2) is 22.6 Å². The Kier molecular flexibility index (Phi) is 7.77. The first-order valence-electron chi connectivity index (χ1n) is 15.3. The van der Waals surface area contributed by atoms with Crippen molar-refractivity contribution < 1.29 is 24.2 Å². The van der Waals surface area contributed by atoms with Crippen molar-refractivity contribution >= 4 is 55.8 Å². The Labute approximate surface area is 270 Å². The van der Waals surface area contributed by atoms with Crippen LogP contribution in [0.5, 0.6) is 0 Å². The summed E-state index contributed by atoms with van der Waals surface area (Å²) in [5, 5.41) is 3.17. The molecule has 42 heavy (non-hydrogen) atoms. The maximum Gasteiger partial charge on any atom is 0.0795 e. The van der Waals surface area contributed by atoms with Crippen LogP contribution in [0.25, 0.3) is 53.9 Å². The van der Waals surface area contributed by atoms with Crippen molar-refractivity contribution in [2.45, 2.75) is 40.0 Å². The van der Waals surface area contributed by atoms with E-state index >= 15 is 0 Å². The normalized spacial score (nSPS) is 12.7. The number of nitrogens with zero attached hydrogens (tertiary/aromatic N) is 3. The molecule has 0 spiro atoms. The minimum atomic E-state index is -2.19. The molecule has 7 rings (SSSR count). The molecule has 3 heterocycles. The molecule has 0 N–H and O–H groups in total. The first-order valence-corrected chi connectivity index (χ1v) is 18.1. The second-order valence-electron chi connectivity index (χ2n) is 11.0. The van der Waals surface area contributed by atoms with Crippen LogP contribution in [0.15, 0.2) is 97.2 Å². The van der Waals surface area contributed by atoms with E-state index in [1.165, 1.54) is 5.19 Å². The van der Waals surface area contributed by atoms with Crippen molar-refractivity contribution in [2.75, 3.05) is 0 Å². The summed E-state index contributed by atoms with van der Waals surface area (Å²) in [7, 11) is -1.23. The number of hydrogen-bond donors (Lipinski definition) is 0. The van der Waals surface area contributed by atoms with Gasteiger partial charge in [0.2, 0.25) is 0 Å². The van der Waals surface area contributed by atoms with Crippen LogP contribution in [0.3, 0.4) is 0 Å². The number of aryl methyl sites for hydroxylation is 2. The zero-order valence-corrected chi connectivity index (χ0v) is 28.2. The topological polar surface area (TPSA) is 30.7 Å². The number of fused-ring (bicyclic) bond motifs is 4. The van der Waals surface area contributed by atoms with Crippen molar-refractivity contribution in [1.82, 2.24) is 14.5 Å². The van der Waals surface area contributed by atoms with Gasteiger partial charge in [0.05, 0.1) is 24.9 Å². The fourth-order valence-electron chi connectivity index (χ4n) is 5.07. The molecule has 0 aliphatic rings. The van der Waals surface area contributed by atoms with Crippen LogP contribution in [0.4, 0.5) is 0 Å². The zero-order valence-electron chi connectivity index (χ0n) is 27.0. The van der Waals surface area contributed by atoms with Crippen LogP contribution in [0, 0.1) is 19.0 Å². The average molecular weight is 763 g/mol. The minimum Gasteiger partial charge on any atom is -0.364 e. The maximum atomic E-state index is 8.01. The van der Waals surface area contributed by atoms with Gasteiger partial charge in [-0.05, 0) is 46.1 Å². The number of imidazole rings is 1. The number of hydrogen-bond acceptors (Lipinski definition) is 3. The zero-order chi connectivity index (χ0) is 31.1. The molecule has 0 amide bonds. The molecule has 1 radical (unpaired) electrons. The third-order valence-corrected chi connectivity index (χ3v) is 10.5. The predicted molar refractivity (Wildman–Crippen MR) is 179 cm³/mol. The SMILES string of the molecule is C[Si](C)(C)c1ccc(-c2[c-]cccc2)nc1.[2H]C([2H])([2H])c1c[c-]c(-c2nc3ccccc3n2CC)c2sc3ccccc3c12.[Ir]. The molecule has 4 aromatic carbocycles. The Hall–Kier alpha value is -3.41. The Morgan fingerprint density at radius 3 is 2.43 bits per heavy atom. The summed E-state index contributed by atoms with van der Waals surface area (Å²) in [6, 6.07) is 36.4. The van der Waals surface area contributed by atoms with Crippen molar-refractivity contribution in [2.24, 2.45) is 0 Å². The number of thiophene rings is 1. The van der Waals surface area contributed by atoms with Gasteiger partial charge in [0.1, 0.15) is 0 Å². The van der Waals surface area contributed by atoms with E-state index in [9.17, 15) is 0 Å². The molecule has 0 bridgehead atoms. The first kappa shape index (κ1) is 26.2. The molecule has 0 saturated heterocycles. The van der Waals surface area contributed by atoms with Crippen molar-refractivity contribution in [3.8, 4) is 22.6 Å². The summed E-state index contributed by atoms with van der Waals surface area (Å²) < 4.78 is 28.2. The molecule has 7 aromatic rings. The van der Waals surface area contributed by atoms with Crippen molar-refractivity contribution in [3.63, 3.8) is 0 Å². The van der Waals surface area contributed by atoms with E-state index in [1.54, 1.807) is 17.4 Å². The van der Waals surface area contributed by atoms with Gasteiger partial charge in [0.15, 0.2) is 0 Å². The molecule has 3 nitrogen and oxygen atoms in total. The first-order chi connectivity index (χ1) is 21.1. The van der Waals surface area contributed by atoms with E-state index in [4.69, 9.17) is 9.10 Å². The molecule has 0 atom stereocenters. The van der Waals surface area contributed by atoms with Gasteiger partial charge >= 0.3 is 0 Å². The summed E-state index contributed by atoms with van der Waals surface area (Å²) in [6.07, 6.45) is 2.02. The number of para-hydroxylation sites is 2. The second-order valence-corrected chi connectivity index (χ2v) is 17.1. The molecule has 0 unspecified atom stereocenters. The number of aromatic nitrogens is 3. The van der Waals surface area contributed by atoms with E-state index in [2.05, 4.69) is 66.4 Å². The maximum absolute atomic E-state index is 8.01. The second kappa shape index (κ2) is 12.4. The summed E-state index contributed by atoms with van der Waals surface area (Å²) in [4.78, 5) is 9.38. The number of benzene rings is 4. The van der Waals surface area contributed by atoms with Crippen LogP contribution >= 0.6 is 11.3 Å². The molecule has 0 fully saturated rings. The standard InChI is InChI=1S/C22H17N2S.C14H16NSi.Ir/c1-3-24-18-10-6-5-9-17(18)23-22(24)16-13-12-14(2)20-15-8-4-7-11-19(15)25-21(16)20;1-16(2,3)13-9-10-14(15-11-13)12-7-5-4-6-8-12;/h4-12H,3H2,1-2H3;4-7,9-11H,1-3H3;/q2*-1;/i2D3;;. The van der Waals surface area contributed by atoms with E-state index in [-0.39, 0.29) is 20.1 Å². The van der Waals surface area contributed by atoms with Crippen molar-refractivity contribution in [1.29, 1.82) is 0 Å². The summed E-state index contributed by atoms with van der Waals surface area (Å²) in [5.41, 5.74) is 5.28. The Morgan fingerprint density at radius 1 is 0.929 bits per heavy atom. The van der Waals surface area contributed by atoms with Gasteiger partial charge in [-0.3, -0.25) is 4.98 Å². The number of pyridine rings is 1. The van der Waals surface area contributed by atoms with Gasteiger partial charge in [-0.1, -0.05) is 79.9 Å². The van der Waals surface area contributed by atoms with E-state index < -0.39 is 14.9 Å². The van der Waals surface area contributed by atoms with Gasteiger partial charge in [0, 0.05) is 41.7 Å². The monoisotopic (exact) mass is 763 g/mol. The molecule has 213 valence electrons. The largest absolute Gasteiger partial charge is 0.364 e. The van der Waals surface area contributed by atoms with Crippen LogP contribution in [0.2, 0.25) is 19.6 Å². The summed E-state index contributed by atoms with van der Waals surface area (Å²) in [5.74, 6) is 0.831. The number of rotatable bonds is 4. The Balaban J connectivity index is 0.000000202. The van der Waals surface area contributed by atoms with Gasteiger partial charge < -0.3 is 9.55 Å². The summed E-state index contributed by atoms with van der Waals surface area (Å²) in [6.45, 7) is 7.67. The van der Waals surface area contributed by atoms with Gasteiger partial charge in [-0.15, -0.1) is 53.6 Å². The fourth-order valence-corrected chi connectivity index (χ4v) is 7.33. The predicted octanol–water partition coefficient (Wildman–Crippen LogP) is 9.29. The molecule has 0 aliphatic carbocycles. The van der Waals surface area contributed by atoms with E-state index in [0.29, 0.717) is 5.56 Å². The summed E-state index contributed by atoms with van der Waals surface area (Å²) >= 11 is 1.61. The van der Waals surface area contributed by atoms with Gasteiger partial charge in [-0.2, -0.15) is 11.3 Å². The average Bonchev–Trinajstić information content (AvgIpc) is 3.59. The Bertz CT molecular complexity index is 2080. The van der Waals surface area contributed by atoms with E-state index in [1.807, 2.05) is 72.9 Å². The van der Waals surface area contributed by atoms with E-state index in [0.717, 1.165) is 60.4 Å². The fraction of sp³-hybridized carbons (Fsp3) is 0.167. The molecule has 0 aliphatic heterocycles. The van der Waals surface area contributed by atoms with Crippen LogP contribution in [-0.2, 0) is 26.7 Å². The quantitative estimate of drug-likeness (QED) is 0.132. The minimum absolute atomic E-state index is 0. The molecule has 3 aromatic heterocycles. The third kappa shape index (κ3) is 5.77. The van der Waals surface area contributed by atoms with Crippen LogP contribution < -0.4 is 5.19 Å². The molecular weight excluding hydrogens is 727 g/mol. The molecule has 0 saturated carbocycles. The van der Waals surface area contributed by atoms with Gasteiger partial charge in [-0.25, -0.2) is 0 Å². The molecular formula is C36H33IrN3SSi-2. The molecule has 6 heteroatoms. The smallest absolute Gasteiger partial charge is 0.0795 e. The van der Waals surface area contributed by atoms with Crippen LogP contribution in [0.1, 0.15) is 16.6 Å². The Morgan fingerprint density at radius 2 is 1.71 bits per heavy atom. The van der Waals surface area contributed by atoms with Crippen molar-refractivity contribution in [3.05, 3.63) is 115 Å². The van der Waals surface area contributed by atoms with Gasteiger partial charge in [0.25, 0.3) is 0 Å².